The summed E-state index contributed by atoms with van der Waals surface area (Å²) in [7, 11) is 0. The third kappa shape index (κ3) is 3.60. The van der Waals surface area contributed by atoms with Crippen molar-refractivity contribution in [2.75, 3.05) is 12.3 Å². The summed E-state index contributed by atoms with van der Waals surface area (Å²) in [5.74, 6) is 1.34. The van der Waals surface area contributed by atoms with Gasteiger partial charge in [-0.3, -0.25) is 0 Å². The van der Waals surface area contributed by atoms with E-state index in [1.165, 1.54) is 0 Å². The third-order valence-electron chi connectivity index (χ3n) is 3.15. The normalized spacial score (nSPS) is 12.6. The van der Waals surface area contributed by atoms with Crippen molar-refractivity contribution in [3.63, 3.8) is 0 Å². The number of rotatable bonds is 5. The topological polar surface area (TPSA) is 61.0 Å². The molecular formula is C16H20BrN3O. The van der Waals surface area contributed by atoms with E-state index in [0.717, 1.165) is 15.7 Å². The molecule has 1 atom stereocenters. The van der Waals surface area contributed by atoms with E-state index in [4.69, 9.17) is 10.5 Å². The minimum atomic E-state index is -0.159. The van der Waals surface area contributed by atoms with E-state index in [9.17, 15) is 0 Å². The molecule has 1 unspecified atom stereocenters. The molecule has 0 saturated carbocycles. The van der Waals surface area contributed by atoms with Gasteiger partial charge in [0.25, 0.3) is 0 Å². The van der Waals surface area contributed by atoms with Crippen LogP contribution in [-0.2, 0) is 4.74 Å². The molecule has 0 saturated heterocycles. The van der Waals surface area contributed by atoms with Gasteiger partial charge in [0.1, 0.15) is 11.9 Å². The standard InChI is InChI=1S/C16H20BrN3O/c1-4-21-14(10(2)3)16-19-13(12(17)15(18)20-16)11-8-6-5-7-9-11/h5-10,14H,4H2,1-3H3,(H2,18,19,20). The molecule has 112 valence electrons. The number of anilines is 1. The van der Waals surface area contributed by atoms with Crippen molar-refractivity contribution in [1.29, 1.82) is 0 Å². The number of ether oxygens (including phenoxy) is 1. The van der Waals surface area contributed by atoms with E-state index in [1.807, 2.05) is 37.3 Å². The van der Waals surface area contributed by atoms with Crippen LogP contribution in [0.2, 0.25) is 0 Å². The second-order valence-electron chi connectivity index (χ2n) is 5.12. The Hall–Kier alpha value is -1.46. The molecule has 4 nitrogen and oxygen atoms in total. The van der Waals surface area contributed by atoms with Crippen LogP contribution >= 0.6 is 15.9 Å². The first-order chi connectivity index (χ1) is 10.0. The Bertz CT molecular complexity index is 602. The van der Waals surface area contributed by atoms with Gasteiger partial charge in [0, 0.05) is 12.2 Å². The lowest BCUT2D eigenvalue weighted by Gasteiger charge is -2.20. The van der Waals surface area contributed by atoms with Crippen molar-refractivity contribution in [3.05, 3.63) is 40.6 Å². The number of nitrogens with two attached hydrogens (primary N) is 1. The van der Waals surface area contributed by atoms with Crippen LogP contribution in [0.3, 0.4) is 0 Å². The molecule has 0 aliphatic rings. The highest BCUT2D eigenvalue weighted by molar-refractivity contribution is 9.10. The Morgan fingerprint density at radius 3 is 2.43 bits per heavy atom. The molecule has 0 amide bonds. The smallest absolute Gasteiger partial charge is 0.160 e. The molecule has 0 fully saturated rings. The molecule has 21 heavy (non-hydrogen) atoms. The summed E-state index contributed by atoms with van der Waals surface area (Å²) < 4.78 is 6.50. The van der Waals surface area contributed by atoms with Crippen LogP contribution in [0.5, 0.6) is 0 Å². The number of nitrogen functional groups attached to an aromatic ring is 1. The second kappa shape index (κ2) is 7.00. The van der Waals surface area contributed by atoms with Gasteiger partial charge in [-0.1, -0.05) is 44.2 Å². The van der Waals surface area contributed by atoms with Crippen LogP contribution in [0.25, 0.3) is 11.3 Å². The molecule has 5 heteroatoms. The molecule has 0 bridgehead atoms. The van der Waals surface area contributed by atoms with Crippen LogP contribution in [0, 0.1) is 5.92 Å². The summed E-state index contributed by atoms with van der Waals surface area (Å²) in [6.45, 7) is 6.76. The summed E-state index contributed by atoms with van der Waals surface area (Å²) in [6, 6.07) is 9.92. The molecule has 0 aliphatic carbocycles. The average Bonchev–Trinajstić information content (AvgIpc) is 2.48. The molecule has 2 aromatic rings. The van der Waals surface area contributed by atoms with Crippen molar-refractivity contribution in [2.45, 2.75) is 26.9 Å². The van der Waals surface area contributed by atoms with Crippen LogP contribution in [-0.4, -0.2) is 16.6 Å². The number of hydrogen-bond donors (Lipinski definition) is 1. The van der Waals surface area contributed by atoms with Crippen LogP contribution in [0.1, 0.15) is 32.7 Å². The maximum Gasteiger partial charge on any atom is 0.160 e. The number of nitrogens with zero attached hydrogens (tertiary/aromatic N) is 2. The van der Waals surface area contributed by atoms with Crippen molar-refractivity contribution in [1.82, 2.24) is 9.97 Å². The minimum Gasteiger partial charge on any atom is -0.383 e. The zero-order valence-corrected chi connectivity index (χ0v) is 14.1. The largest absolute Gasteiger partial charge is 0.383 e. The van der Waals surface area contributed by atoms with E-state index >= 15 is 0 Å². The Morgan fingerprint density at radius 2 is 1.86 bits per heavy atom. The van der Waals surface area contributed by atoms with Crippen molar-refractivity contribution < 1.29 is 4.74 Å². The Balaban J connectivity index is 2.52. The fourth-order valence-electron chi connectivity index (χ4n) is 2.14. The minimum absolute atomic E-state index is 0.159. The third-order valence-corrected chi connectivity index (χ3v) is 3.93. The zero-order valence-electron chi connectivity index (χ0n) is 12.5. The molecule has 2 rings (SSSR count). The number of hydrogen-bond acceptors (Lipinski definition) is 4. The summed E-state index contributed by atoms with van der Waals surface area (Å²) in [5, 5.41) is 0. The molecule has 1 heterocycles. The zero-order chi connectivity index (χ0) is 15.4. The predicted molar refractivity (Wildman–Crippen MR) is 88.8 cm³/mol. The number of aromatic nitrogens is 2. The quantitative estimate of drug-likeness (QED) is 0.877. The van der Waals surface area contributed by atoms with Gasteiger partial charge >= 0.3 is 0 Å². The van der Waals surface area contributed by atoms with Gasteiger partial charge in [0.2, 0.25) is 0 Å². The van der Waals surface area contributed by atoms with Crippen molar-refractivity contribution in [2.24, 2.45) is 5.92 Å². The first kappa shape index (κ1) is 15.9. The Labute approximate surface area is 133 Å². The van der Waals surface area contributed by atoms with Crippen molar-refractivity contribution in [3.8, 4) is 11.3 Å². The van der Waals surface area contributed by atoms with E-state index in [2.05, 4.69) is 39.7 Å². The summed E-state index contributed by atoms with van der Waals surface area (Å²) >= 11 is 3.49. The molecule has 0 aliphatic heterocycles. The highest BCUT2D eigenvalue weighted by Gasteiger charge is 2.22. The maximum atomic E-state index is 6.04. The fourth-order valence-corrected chi connectivity index (χ4v) is 2.55. The molecule has 0 radical (unpaired) electrons. The first-order valence-electron chi connectivity index (χ1n) is 7.04. The first-order valence-corrected chi connectivity index (χ1v) is 7.83. The highest BCUT2D eigenvalue weighted by atomic mass is 79.9. The van der Waals surface area contributed by atoms with E-state index in [-0.39, 0.29) is 12.0 Å². The number of halogens is 1. The van der Waals surface area contributed by atoms with Gasteiger partial charge in [-0.2, -0.15) is 0 Å². The second-order valence-corrected chi connectivity index (χ2v) is 5.91. The van der Waals surface area contributed by atoms with Crippen LogP contribution in [0.15, 0.2) is 34.8 Å². The SMILES string of the molecule is CCOC(c1nc(N)c(Br)c(-c2ccccc2)n1)C(C)C. The van der Waals surface area contributed by atoms with Gasteiger partial charge in [-0.25, -0.2) is 9.97 Å². The van der Waals surface area contributed by atoms with Gasteiger partial charge in [-0.15, -0.1) is 0 Å². The molecule has 0 spiro atoms. The molecule has 2 N–H and O–H groups in total. The number of benzene rings is 1. The van der Waals surface area contributed by atoms with E-state index in [0.29, 0.717) is 18.2 Å². The molecule has 1 aromatic carbocycles. The lowest BCUT2D eigenvalue weighted by Crippen LogP contribution is -2.16. The molecule has 1 aromatic heterocycles. The Morgan fingerprint density at radius 1 is 1.19 bits per heavy atom. The lowest BCUT2D eigenvalue weighted by atomic mass is 10.1. The van der Waals surface area contributed by atoms with E-state index in [1.54, 1.807) is 0 Å². The predicted octanol–water partition coefficient (Wildman–Crippen LogP) is 4.22. The maximum absolute atomic E-state index is 6.04. The Kier molecular flexibility index (Phi) is 5.31. The average molecular weight is 350 g/mol. The fraction of sp³-hybridized carbons (Fsp3) is 0.375. The summed E-state index contributed by atoms with van der Waals surface area (Å²) in [4.78, 5) is 9.07. The summed E-state index contributed by atoms with van der Waals surface area (Å²) in [5.41, 5.74) is 7.83. The van der Waals surface area contributed by atoms with Gasteiger partial charge < -0.3 is 10.5 Å². The highest BCUT2D eigenvalue weighted by Crippen LogP contribution is 2.33. The lowest BCUT2D eigenvalue weighted by molar-refractivity contribution is 0.0233. The van der Waals surface area contributed by atoms with Crippen molar-refractivity contribution >= 4 is 21.7 Å². The molecular weight excluding hydrogens is 330 g/mol. The monoisotopic (exact) mass is 349 g/mol. The van der Waals surface area contributed by atoms with Gasteiger partial charge in [0.15, 0.2) is 5.82 Å². The summed E-state index contributed by atoms with van der Waals surface area (Å²) in [6.07, 6.45) is -0.159. The van der Waals surface area contributed by atoms with E-state index < -0.39 is 0 Å². The van der Waals surface area contributed by atoms with Gasteiger partial charge in [-0.05, 0) is 28.8 Å². The van der Waals surface area contributed by atoms with Crippen LogP contribution < -0.4 is 5.73 Å². The van der Waals surface area contributed by atoms with Crippen LogP contribution in [0.4, 0.5) is 5.82 Å². The van der Waals surface area contributed by atoms with Gasteiger partial charge in [0.05, 0.1) is 10.2 Å².